The molecule has 2 aromatic carbocycles. The summed E-state index contributed by atoms with van der Waals surface area (Å²) < 4.78 is 19.1. The molecule has 0 aromatic heterocycles. The fourth-order valence-corrected chi connectivity index (χ4v) is 2.13. The predicted octanol–water partition coefficient (Wildman–Crippen LogP) is 5.39. The minimum absolute atomic E-state index is 0.426. The minimum Gasteiger partial charge on any atom is -0.382 e. The van der Waals surface area contributed by atoms with Crippen LogP contribution in [0.25, 0.3) is 0 Å². The second-order valence-electron chi connectivity index (χ2n) is 5.97. The number of rotatable bonds is 6. The van der Waals surface area contributed by atoms with Crippen LogP contribution < -0.4 is 0 Å². The molecule has 2 unspecified atom stereocenters. The van der Waals surface area contributed by atoms with Gasteiger partial charge in [0.1, 0.15) is 12.2 Å². The summed E-state index contributed by atoms with van der Waals surface area (Å²) in [6.07, 6.45) is 1.88. The topological polar surface area (TPSA) is 43.5 Å². The number of hydrogen-bond donors (Lipinski definition) is 0. The molecule has 29 heavy (non-hydrogen) atoms. The minimum atomic E-state index is 0.426. The van der Waals surface area contributed by atoms with Gasteiger partial charge >= 0.3 is 0 Å². The third kappa shape index (κ3) is 16.9. The second-order valence-corrected chi connectivity index (χ2v) is 5.97. The zero-order valence-electron chi connectivity index (χ0n) is 19.1. The van der Waals surface area contributed by atoms with Crippen LogP contribution in [0.1, 0.15) is 38.8 Å². The van der Waals surface area contributed by atoms with Crippen LogP contribution in [0, 0.1) is 0 Å². The summed E-state index contributed by atoms with van der Waals surface area (Å²) >= 11 is 0. The summed E-state index contributed by atoms with van der Waals surface area (Å²) in [5, 5.41) is 0. The first-order chi connectivity index (χ1) is 14.3. The molecule has 0 saturated carbocycles. The summed E-state index contributed by atoms with van der Waals surface area (Å²) in [5.74, 6) is 0. The Morgan fingerprint density at radius 2 is 0.966 bits per heavy atom. The summed E-state index contributed by atoms with van der Waals surface area (Å²) in [6.45, 7) is 11.3. The summed E-state index contributed by atoms with van der Waals surface area (Å²) in [7, 11) is 3.36. The quantitative estimate of drug-likeness (QED) is 0.605. The maximum Gasteiger partial charge on any atom is 0.104 e. The molecule has 2 fully saturated rings. The molecule has 4 rings (SSSR count). The fourth-order valence-electron chi connectivity index (χ4n) is 2.13. The Hall–Kier alpha value is -1.72. The van der Waals surface area contributed by atoms with Gasteiger partial charge in [0, 0.05) is 14.2 Å². The molecule has 0 bridgehead atoms. The van der Waals surface area contributed by atoms with E-state index in [9.17, 15) is 0 Å². The summed E-state index contributed by atoms with van der Waals surface area (Å²) in [6, 6.07) is 21.1. The van der Waals surface area contributed by atoms with E-state index in [1.807, 2.05) is 27.7 Å². The molecule has 2 aliphatic rings. The van der Waals surface area contributed by atoms with Crippen molar-refractivity contribution in [1.82, 2.24) is 0 Å². The Morgan fingerprint density at radius 3 is 1.17 bits per heavy atom. The Labute approximate surface area is 178 Å². The van der Waals surface area contributed by atoms with Crippen LogP contribution >= 0.6 is 0 Å². The zero-order chi connectivity index (χ0) is 21.7. The second kappa shape index (κ2) is 19.6. The van der Waals surface area contributed by atoms with E-state index in [2.05, 4.69) is 60.7 Å². The highest BCUT2D eigenvalue weighted by Crippen LogP contribution is 2.08. The van der Waals surface area contributed by atoms with Crippen molar-refractivity contribution in [3.8, 4) is 0 Å². The van der Waals surface area contributed by atoms with Crippen molar-refractivity contribution in [1.29, 1.82) is 0 Å². The lowest BCUT2D eigenvalue weighted by Gasteiger charge is -2.00. The molecule has 2 atom stereocenters. The maximum absolute atomic E-state index is 4.82. The van der Waals surface area contributed by atoms with E-state index in [0.29, 0.717) is 12.2 Å². The van der Waals surface area contributed by atoms with Gasteiger partial charge in [-0.25, -0.2) is 0 Å². The van der Waals surface area contributed by atoms with E-state index in [0.717, 1.165) is 32.8 Å². The van der Waals surface area contributed by atoms with Crippen LogP contribution in [0.4, 0.5) is 0 Å². The molecular weight excluding hydrogens is 364 g/mol. The zero-order valence-corrected chi connectivity index (χ0v) is 19.1. The average molecular weight is 405 g/mol. The van der Waals surface area contributed by atoms with Crippen LogP contribution in [0.15, 0.2) is 60.7 Å². The standard InChI is InChI=1S/C13H12.2C4H8O2.2C2H6/c1-3-7-12(8-4-1)11-13-9-5-2-6-10-13;2*1-5-2-4-3-6-4;2*1-2/h1-10H,11H2;2*4H,2-3H2,1H3;2*1-2H3. The van der Waals surface area contributed by atoms with Crippen molar-refractivity contribution < 1.29 is 18.9 Å². The van der Waals surface area contributed by atoms with E-state index in [4.69, 9.17) is 18.9 Å². The lowest BCUT2D eigenvalue weighted by Crippen LogP contribution is -1.94. The number of ether oxygens (including phenoxy) is 4. The highest BCUT2D eigenvalue weighted by molar-refractivity contribution is 5.25. The molecule has 4 nitrogen and oxygen atoms in total. The maximum atomic E-state index is 4.82. The Morgan fingerprint density at radius 1 is 0.655 bits per heavy atom. The summed E-state index contributed by atoms with van der Waals surface area (Å²) in [5.41, 5.74) is 2.74. The lowest BCUT2D eigenvalue weighted by molar-refractivity contribution is 0.171. The van der Waals surface area contributed by atoms with E-state index in [1.54, 1.807) is 14.2 Å². The third-order valence-corrected chi connectivity index (χ3v) is 3.60. The van der Waals surface area contributed by atoms with Gasteiger partial charge in [0.15, 0.2) is 0 Å². The smallest absolute Gasteiger partial charge is 0.104 e. The number of epoxide rings is 2. The monoisotopic (exact) mass is 404 g/mol. The highest BCUT2D eigenvalue weighted by atomic mass is 16.6. The van der Waals surface area contributed by atoms with Gasteiger partial charge in [-0.2, -0.15) is 0 Å². The molecule has 2 aromatic rings. The van der Waals surface area contributed by atoms with Gasteiger partial charge < -0.3 is 18.9 Å². The van der Waals surface area contributed by atoms with Crippen molar-refractivity contribution in [2.45, 2.75) is 46.3 Å². The van der Waals surface area contributed by atoms with Crippen LogP contribution in [0.5, 0.6) is 0 Å². The fraction of sp³-hybridized carbons (Fsp3) is 0.520. The lowest BCUT2D eigenvalue weighted by atomic mass is 10.1. The van der Waals surface area contributed by atoms with E-state index >= 15 is 0 Å². The molecule has 0 amide bonds. The predicted molar refractivity (Wildman–Crippen MR) is 122 cm³/mol. The van der Waals surface area contributed by atoms with Gasteiger partial charge in [0.2, 0.25) is 0 Å². The van der Waals surface area contributed by atoms with Crippen molar-refractivity contribution in [3.05, 3.63) is 71.8 Å². The molecule has 0 spiro atoms. The van der Waals surface area contributed by atoms with Crippen LogP contribution in [0.3, 0.4) is 0 Å². The highest BCUT2D eigenvalue weighted by Gasteiger charge is 2.21. The van der Waals surface area contributed by atoms with Crippen LogP contribution in [-0.4, -0.2) is 52.9 Å². The van der Waals surface area contributed by atoms with Crippen molar-refractivity contribution in [2.75, 3.05) is 40.6 Å². The molecular formula is C25H40O4. The normalized spacial score (nSPS) is 17.4. The van der Waals surface area contributed by atoms with Gasteiger partial charge in [0.25, 0.3) is 0 Å². The Kier molecular flexibility index (Phi) is 18.4. The van der Waals surface area contributed by atoms with Crippen molar-refractivity contribution >= 4 is 0 Å². The molecule has 0 radical (unpaired) electrons. The van der Waals surface area contributed by atoms with Gasteiger partial charge in [-0.15, -0.1) is 0 Å². The summed E-state index contributed by atoms with van der Waals surface area (Å²) in [4.78, 5) is 0. The van der Waals surface area contributed by atoms with Gasteiger partial charge in [-0.1, -0.05) is 88.4 Å². The van der Waals surface area contributed by atoms with Crippen molar-refractivity contribution in [2.24, 2.45) is 0 Å². The van der Waals surface area contributed by atoms with Crippen molar-refractivity contribution in [3.63, 3.8) is 0 Å². The first-order valence-corrected chi connectivity index (χ1v) is 10.6. The first kappa shape index (κ1) is 27.3. The number of hydrogen-bond acceptors (Lipinski definition) is 4. The van der Waals surface area contributed by atoms with Gasteiger partial charge in [-0.05, 0) is 17.5 Å². The molecule has 2 saturated heterocycles. The average Bonchev–Trinajstić information content (AvgIpc) is 3.71. The molecule has 2 aliphatic heterocycles. The SMILES string of the molecule is CC.CC.COCC1CO1.COCC1CO1.c1ccc(Cc2ccccc2)cc1. The van der Waals surface area contributed by atoms with E-state index in [1.165, 1.54) is 11.1 Å². The van der Waals surface area contributed by atoms with Crippen LogP contribution in [-0.2, 0) is 25.4 Å². The Bertz CT molecular complexity index is 500. The van der Waals surface area contributed by atoms with Gasteiger partial charge in [-0.3, -0.25) is 0 Å². The van der Waals surface area contributed by atoms with E-state index in [-0.39, 0.29) is 0 Å². The van der Waals surface area contributed by atoms with Gasteiger partial charge in [0.05, 0.1) is 26.4 Å². The molecule has 0 aliphatic carbocycles. The number of methoxy groups -OCH3 is 2. The first-order valence-electron chi connectivity index (χ1n) is 10.6. The molecule has 0 N–H and O–H groups in total. The number of benzene rings is 2. The molecule has 2 heterocycles. The van der Waals surface area contributed by atoms with Crippen LogP contribution in [0.2, 0.25) is 0 Å². The third-order valence-electron chi connectivity index (χ3n) is 3.60. The molecule has 164 valence electrons. The van der Waals surface area contributed by atoms with E-state index < -0.39 is 0 Å². The molecule has 4 heteroatoms. The largest absolute Gasteiger partial charge is 0.382 e. The Balaban J connectivity index is 0.000000412.